The Morgan fingerprint density at radius 3 is 2.43 bits per heavy atom. The average molecular weight is 307 g/mol. The third-order valence-electron chi connectivity index (χ3n) is 3.20. The molecule has 0 aliphatic carbocycles. The zero-order valence-electron chi connectivity index (χ0n) is 11.7. The van der Waals surface area contributed by atoms with Crippen molar-refractivity contribution < 1.29 is 27.5 Å². The van der Waals surface area contributed by atoms with E-state index >= 15 is 0 Å². The molecule has 0 atom stereocenters. The lowest BCUT2D eigenvalue weighted by molar-refractivity contribution is -0.147. The fraction of sp³-hybridized carbons (Fsp3) is 0.500. The standard InChI is InChI=1S/C14H17F4NO2/c1-13(2,12(20)21)5-6-19-8-9-3-4-10(15)7-11(9)14(16,17)18/h3-4,7,19H,5-6,8H2,1-2H3,(H,20,21). The monoisotopic (exact) mass is 307 g/mol. The Balaban J connectivity index is 2.67. The van der Waals surface area contributed by atoms with Gasteiger partial charge in [0.05, 0.1) is 11.0 Å². The first-order chi connectivity index (χ1) is 9.54. The van der Waals surface area contributed by atoms with Gasteiger partial charge in [-0.2, -0.15) is 13.2 Å². The van der Waals surface area contributed by atoms with Crippen LogP contribution in [-0.4, -0.2) is 17.6 Å². The first kappa shape index (κ1) is 17.4. The number of hydrogen-bond donors (Lipinski definition) is 2. The van der Waals surface area contributed by atoms with Crippen molar-refractivity contribution in [3.05, 3.63) is 35.1 Å². The van der Waals surface area contributed by atoms with Gasteiger partial charge < -0.3 is 10.4 Å². The molecule has 1 aromatic rings. The van der Waals surface area contributed by atoms with E-state index in [9.17, 15) is 22.4 Å². The van der Waals surface area contributed by atoms with Crippen molar-refractivity contribution in [2.45, 2.75) is 33.0 Å². The van der Waals surface area contributed by atoms with Gasteiger partial charge in [0.1, 0.15) is 5.82 Å². The summed E-state index contributed by atoms with van der Waals surface area (Å²) in [5.41, 5.74) is -2.05. The van der Waals surface area contributed by atoms with Crippen molar-refractivity contribution in [3.8, 4) is 0 Å². The summed E-state index contributed by atoms with van der Waals surface area (Å²) in [5.74, 6) is -1.92. The molecule has 0 saturated heterocycles. The molecule has 0 aliphatic rings. The molecule has 0 radical (unpaired) electrons. The van der Waals surface area contributed by atoms with Gasteiger partial charge in [0.25, 0.3) is 0 Å². The van der Waals surface area contributed by atoms with Crippen molar-refractivity contribution in [1.82, 2.24) is 5.32 Å². The Labute approximate surface area is 120 Å². The van der Waals surface area contributed by atoms with Crippen molar-refractivity contribution in [1.29, 1.82) is 0 Å². The van der Waals surface area contributed by atoms with Crippen LogP contribution >= 0.6 is 0 Å². The number of benzene rings is 1. The second-order valence-corrected chi connectivity index (χ2v) is 5.42. The number of nitrogens with one attached hydrogen (secondary N) is 1. The maximum absolute atomic E-state index is 12.9. The predicted molar refractivity (Wildman–Crippen MR) is 69.1 cm³/mol. The summed E-state index contributed by atoms with van der Waals surface area (Å²) in [6.07, 6.45) is -4.36. The topological polar surface area (TPSA) is 49.3 Å². The van der Waals surface area contributed by atoms with E-state index in [0.29, 0.717) is 6.07 Å². The van der Waals surface area contributed by atoms with E-state index in [1.54, 1.807) is 0 Å². The Bertz CT molecular complexity index is 512. The minimum atomic E-state index is -4.63. The first-order valence-electron chi connectivity index (χ1n) is 6.34. The molecule has 0 heterocycles. The van der Waals surface area contributed by atoms with Gasteiger partial charge in [-0.15, -0.1) is 0 Å². The maximum Gasteiger partial charge on any atom is 0.416 e. The fourth-order valence-electron chi connectivity index (χ4n) is 1.70. The average Bonchev–Trinajstić information content (AvgIpc) is 2.34. The van der Waals surface area contributed by atoms with Crippen LogP contribution in [0.15, 0.2) is 18.2 Å². The summed E-state index contributed by atoms with van der Waals surface area (Å²) in [7, 11) is 0. The molecule has 0 aliphatic heterocycles. The molecule has 0 bridgehead atoms. The number of aliphatic carboxylic acids is 1. The molecule has 0 aromatic heterocycles. The number of carboxylic acids is 1. The number of halogens is 4. The normalized spacial score (nSPS) is 12.5. The van der Waals surface area contributed by atoms with E-state index in [0.717, 1.165) is 12.1 Å². The van der Waals surface area contributed by atoms with Gasteiger partial charge >= 0.3 is 12.1 Å². The van der Waals surface area contributed by atoms with Gasteiger partial charge in [0, 0.05) is 6.54 Å². The molecule has 0 spiro atoms. The van der Waals surface area contributed by atoms with E-state index in [4.69, 9.17) is 5.11 Å². The molecule has 1 rings (SSSR count). The van der Waals surface area contributed by atoms with Crippen LogP contribution in [0.1, 0.15) is 31.4 Å². The lowest BCUT2D eigenvalue weighted by atomic mass is 9.89. The van der Waals surface area contributed by atoms with Crippen molar-refractivity contribution in [2.75, 3.05) is 6.54 Å². The number of hydrogen-bond acceptors (Lipinski definition) is 2. The molecule has 7 heteroatoms. The third-order valence-corrected chi connectivity index (χ3v) is 3.20. The van der Waals surface area contributed by atoms with Crippen LogP contribution in [0.2, 0.25) is 0 Å². The highest BCUT2D eigenvalue weighted by molar-refractivity contribution is 5.73. The quantitative estimate of drug-likeness (QED) is 0.625. The first-order valence-corrected chi connectivity index (χ1v) is 6.34. The molecule has 0 unspecified atom stereocenters. The number of rotatable bonds is 6. The smallest absolute Gasteiger partial charge is 0.416 e. The fourth-order valence-corrected chi connectivity index (χ4v) is 1.70. The van der Waals surface area contributed by atoms with Gasteiger partial charge in [-0.05, 0) is 44.5 Å². The van der Waals surface area contributed by atoms with Crippen molar-refractivity contribution >= 4 is 5.97 Å². The van der Waals surface area contributed by atoms with Gasteiger partial charge in [-0.3, -0.25) is 4.79 Å². The maximum atomic E-state index is 12.9. The second-order valence-electron chi connectivity index (χ2n) is 5.42. The third kappa shape index (κ3) is 5.00. The number of carboxylic acid groups (broad SMARTS) is 1. The van der Waals surface area contributed by atoms with Crippen LogP contribution in [0, 0.1) is 11.2 Å². The Morgan fingerprint density at radius 1 is 1.29 bits per heavy atom. The summed E-state index contributed by atoms with van der Waals surface area (Å²) in [6, 6.07) is 2.50. The molecule has 0 saturated carbocycles. The molecule has 1 aromatic carbocycles. The van der Waals surface area contributed by atoms with E-state index in [2.05, 4.69) is 5.32 Å². The van der Waals surface area contributed by atoms with Gasteiger partial charge in [0.2, 0.25) is 0 Å². The summed E-state index contributed by atoms with van der Waals surface area (Å²) in [6.45, 7) is 3.21. The highest BCUT2D eigenvalue weighted by Gasteiger charge is 2.33. The zero-order chi connectivity index (χ0) is 16.3. The van der Waals surface area contributed by atoms with Crippen LogP contribution in [-0.2, 0) is 17.5 Å². The van der Waals surface area contributed by atoms with Gasteiger partial charge in [-0.1, -0.05) is 6.07 Å². The summed E-state index contributed by atoms with van der Waals surface area (Å²) < 4.78 is 51.2. The Kier molecular flexibility index (Phi) is 5.33. The van der Waals surface area contributed by atoms with E-state index in [-0.39, 0.29) is 25.1 Å². The molecule has 118 valence electrons. The largest absolute Gasteiger partial charge is 0.481 e. The molecule has 3 nitrogen and oxygen atoms in total. The lowest BCUT2D eigenvalue weighted by Gasteiger charge is -2.19. The van der Waals surface area contributed by atoms with E-state index in [1.807, 2.05) is 0 Å². The van der Waals surface area contributed by atoms with Crippen molar-refractivity contribution in [2.24, 2.45) is 5.41 Å². The summed E-state index contributed by atoms with van der Waals surface area (Å²) in [4.78, 5) is 10.9. The van der Waals surface area contributed by atoms with Crippen LogP contribution < -0.4 is 5.32 Å². The van der Waals surface area contributed by atoms with E-state index in [1.165, 1.54) is 13.8 Å². The summed E-state index contributed by atoms with van der Waals surface area (Å²) >= 11 is 0. The van der Waals surface area contributed by atoms with Gasteiger partial charge in [0.15, 0.2) is 0 Å². The Hall–Kier alpha value is -1.63. The van der Waals surface area contributed by atoms with Crippen LogP contribution in [0.5, 0.6) is 0 Å². The highest BCUT2D eigenvalue weighted by atomic mass is 19.4. The minimum Gasteiger partial charge on any atom is -0.481 e. The zero-order valence-corrected chi connectivity index (χ0v) is 11.7. The molecule has 2 N–H and O–H groups in total. The SMILES string of the molecule is CC(C)(CCNCc1ccc(F)cc1C(F)(F)F)C(=O)O. The molecule has 21 heavy (non-hydrogen) atoms. The van der Waals surface area contributed by atoms with Crippen molar-refractivity contribution in [3.63, 3.8) is 0 Å². The predicted octanol–water partition coefficient (Wildman–Crippen LogP) is 3.44. The number of alkyl halides is 3. The molecule has 0 amide bonds. The van der Waals surface area contributed by atoms with Crippen LogP contribution in [0.4, 0.5) is 17.6 Å². The summed E-state index contributed by atoms with van der Waals surface area (Å²) in [5, 5.41) is 11.7. The highest BCUT2D eigenvalue weighted by Crippen LogP contribution is 2.32. The molecular formula is C14H17F4NO2. The van der Waals surface area contributed by atoms with Crippen LogP contribution in [0.3, 0.4) is 0 Å². The van der Waals surface area contributed by atoms with Gasteiger partial charge in [-0.25, -0.2) is 4.39 Å². The Morgan fingerprint density at radius 2 is 1.90 bits per heavy atom. The molecule has 0 fully saturated rings. The number of carbonyl (C=O) groups is 1. The van der Waals surface area contributed by atoms with E-state index < -0.39 is 28.9 Å². The lowest BCUT2D eigenvalue weighted by Crippen LogP contribution is -2.29. The second kappa shape index (κ2) is 6.43. The minimum absolute atomic E-state index is 0.0722. The van der Waals surface area contributed by atoms with Crippen LogP contribution in [0.25, 0.3) is 0 Å². The molecular weight excluding hydrogens is 290 g/mol.